The van der Waals surface area contributed by atoms with E-state index in [1.54, 1.807) is 0 Å². The van der Waals surface area contributed by atoms with Crippen LogP contribution in [0.25, 0.3) is 0 Å². The zero-order chi connectivity index (χ0) is 17.9. The number of likely N-dealkylation sites (tertiary alicyclic amines) is 1. The van der Waals surface area contributed by atoms with Gasteiger partial charge in [0.1, 0.15) is 0 Å². The van der Waals surface area contributed by atoms with Crippen LogP contribution in [0.3, 0.4) is 0 Å². The summed E-state index contributed by atoms with van der Waals surface area (Å²) in [6.45, 7) is 4.77. The van der Waals surface area contributed by atoms with Crippen molar-refractivity contribution in [3.05, 3.63) is 28.2 Å². The van der Waals surface area contributed by atoms with Crippen LogP contribution in [0, 0.1) is 12.3 Å². The molecular formula is C19H27BrN4O. The van der Waals surface area contributed by atoms with Crippen LogP contribution >= 0.6 is 15.9 Å². The van der Waals surface area contributed by atoms with Crippen LogP contribution in [-0.2, 0) is 4.79 Å². The highest BCUT2D eigenvalue weighted by molar-refractivity contribution is 9.10. The Balaban J connectivity index is 1.44. The molecule has 5 nitrogen and oxygen atoms in total. The van der Waals surface area contributed by atoms with Crippen LogP contribution in [-0.4, -0.2) is 43.4 Å². The zero-order valence-electron chi connectivity index (χ0n) is 15.1. The lowest BCUT2D eigenvalue weighted by molar-refractivity contribution is -0.116. The Hall–Kier alpha value is -1.56. The molecule has 1 aliphatic carbocycles. The second kappa shape index (κ2) is 7.77. The third kappa shape index (κ3) is 4.35. The fourth-order valence-corrected chi connectivity index (χ4v) is 4.28. The van der Waals surface area contributed by atoms with Gasteiger partial charge in [0.25, 0.3) is 0 Å². The summed E-state index contributed by atoms with van der Waals surface area (Å²) in [6, 6.07) is 5.86. The fraction of sp³-hybridized carbons (Fsp3) is 0.579. The van der Waals surface area contributed by atoms with Gasteiger partial charge in [-0.1, -0.05) is 22.4 Å². The fourth-order valence-electron chi connectivity index (χ4n) is 3.80. The maximum Gasteiger partial charge on any atom is 0.226 e. The number of rotatable bonds is 4. The molecule has 25 heavy (non-hydrogen) atoms. The highest BCUT2D eigenvalue weighted by Crippen LogP contribution is 2.47. The highest BCUT2D eigenvalue weighted by Gasteiger charge is 2.43. The van der Waals surface area contributed by atoms with Crippen LogP contribution in [0.5, 0.6) is 0 Å². The number of halogens is 1. The van der Waals surface area contributed by atoms with Gasteiger partial charge in [0.2, 0.25) is 5.91 Å². The van der Waals surface area contributed by atoms with Gasteiger partial charge < -0.3 is 15.5 Å². The smallest absolute Gasteiger partial charge is 0.226 e. The van der Waals surface area contributed by atoms with E-state index in [4.69, 9.17) is 0 Å². The molecule has 136 valence electrons. The van der Waals surface area contributed by atoms with Crippen molar-refractivity contribution < 1.29 is 4.79 Å². The molecule has 0 unspecified atom stereocenters. The minimum Gasteiger partial charge on any atom is -0.356 e. The van der Waals surface area contributed by atoms with Crippen LogP contribution in [0.4, 0.5) is 5.69 Å². The summed E-state index contributed by atoms with van der Waals surface area (Å²) >= 11 is 3.44. The number of nitrogens with zero attached hydrogens (tertiary/aromatic N) is 2. The van der Waals surface area contributed by atoms with Gasteiger partial charge in [0.05, 0.1) is 0 Å². The first-order chi connectivity index (χ1) is 12.0. The minimum absolute atomic E-state index is 0.0188. The van der Waals surface area contributed by atoms with Crippen molar-refractivity contribution in [2.75, 3.05) is 32.0 Å². The summed E-state index contributed by atoms with van der Waals surface area (Å²) in [7, 11) is 1.82. The number of amides is 1. The predicted octanol–water partition coefficient (Wildman–Crippen LogP) is 3.54. The molecule has 2 N–H and O–H groups in total. The lowest BCUT2D eigenvalue weighted by Crippen LogP contribution is -2.43. The first-order valence-corrected chi connectivity index (χ1v) is 9.82. The average Bonchev–Trinajstić information content (AvgIpc) is 3.00. The summed E-state index contributed by atoms with van der Waals surface area (Å²) in [5.41, 5.74) is 2.46. The monoisotopic (exact) mass is 406 g/mol. The summed E-state index contributed by atoms with van der Waals surface area (Å²) in [4.78, 5) is 18.9. The molecule has 1 saturated carbocycles. The van der Waals surface area contributed by atoms with Crippen molar-refractivity contribution >= 4 is 33.5 Å². The van der Waals surface area contributed by atoms with Crippen molar-refractivity contribution in [1.29, 1.82) is 0 Å². The van der Waals surface area contributed by atoms with Crippen LogP contribution in [0.1, 0.15) is 37.7 Å². The van der Waals surface area contributed by atoms with Crippen molar-refractivity contribution in [1.82, 2.24) is 10.2 Å². The third-order valence-corrected chi connectivity index (χ3v) is 5.95. The minimum atomic E-state index is 0.0188. The van der Waals surface area contributed by atoms with Gasteiger partial charge in [0.15, 0.2) is 5.96 Å². The van der Waals surface area contributed by atoms with Crippen LogP contribution in [0.2, 0.25) is 0 Å². The summed E-state index contributed by atoms with van der Waals surface area (Å²) in [5, 5.41) is 6.32. The molecular weight excluding hydrogens is 380 g/mol. The van der Waals surface area contributed by atoms with E-state index < -0.39 is 0 Å². The first-order valence-electron chi connectivity index (χ1n) is 9.03. The molecule has 1 aromatic carbocycles. The Morgan fingerprint density at radius 3 is 2.76 bits per heavy atom. The SMILES string of the molecule is CN=C(NCCC(=O)Nc1ccc(Br)cc1C)N1CCC2(CCC2)C1. The number of carbonyl (C=O) groups excluding carboxylic acids is 1. The van der Waals surface area contributed by atoms with Gasteiger partial charge in [-0.25, -0.2) is 0 Å². The molecule has 0 bridgehead atoms. The van der Waals surface area contributed by atoms with E-state index in [0.717, 1.165) is 34.8 Å². The zero-order valence-corrected chi connectivity index (χ0v) is 16.7. The Morgan fingerprint density at radius 1 is 1.36 bits per heavy atom. The number of aliphatic imine (C=N–C) groups is 1. The van der Waals surface area contributed by atoms with E-state index in [1.165, 1.54) is 25.7 Å². The molecule has 1 spiro atoms. The van der Waals surface area contributed by atoms with Gasteiger partial charge in [-0.2, -0.15) is 0 Å². The molecule has 3 rings (SSSR count). The average molecular weight is 407 g/mol. The number of nitrogens with one attached hydrogen (secondary N) is 2. The molecule has 2 aliphatic rings. The lowest BCUT2D eigenvalue weighted by atomic mass is 9.68. The summed E-state index contributed by atoms with van der Waals surface area (Å²) in [5.74, 6) is 0.946. The molecule has 1 aliphatic heterocycles. The van der Waals surface area contributed by atoms with Gasteiger partial charge in [0, 0.05) is 43.3 Å². The number of aryl methyl sites for hydroxylation is 1. The van der Waals surface area contributed by atoms with Gasteiger partial charge >= 0.3 is 0 Å². The molecule has 1 amide bonds. The van der Waals surface area contributed by atoms with E-state index in [1.807, 2.05) is 32.2 Å². The molecule has 1 heterocycles. The molecule has 1 saturated heterocycles. The maximum absolute atomic E-state index is 12.2. The predicted molar refractivity (Wildman–Crippen MR) is 106 cm³/mol. The summed E-state index contributed by atoms with van der Waals surface area (Å²) < 4.78 is 1.02. The van der Waals surface area contributed by atoms with E-state index in [2.05, 4.69) is 36.5 Å². The first kappa shape index (κ1) is 18.2. The lowest BCUT2D eigenvalue weighted by Gasteiger charge is -2.38. The molecule has 0 aromatic heterocycles. The normalized spacial score (nSPS) is 19.0. The second-order valence-corrected chi connectivity index (χ2v) is 8.17. The van der Waals surface area contributed by atoms with Gasteiger partial charge in [-0.05, 0) is 55.4 Å². The number of carbonyl (C=O) groups is 1. The number of hydrogen-bond acceptors (Lipinski definition) is 2. The standard InChI is InChI=1S/C19H27BrN4O/c1-14-12-15(20)4-5-16(14)23-17(25)6-10-22-18(21-2)24-11-9-19(13-24)7-3-8-19/h4-5,12H,3,6-11,13H2,1-2H3,(H,21,22)(H,23,25). The molecule has 6 heteroatoms. The number of guanidine groups is 1. The Bertz CT molecular complexity index is 669. The van der Waals surface area contributed by atoms with Gasteiger partial charge in [-0.15, -0.1) is 0 Å². The topological polar surface area (TPSA) is 56.7 Å². The van der Waals surface area contributed by atoms with Crippen molar-refractivity contribution in [2.24, 2.45) is 10.4 Å². The van der Waals surface area contributed by atoms with E-state index >= 15 is 0 Å². The third-order valence-electron chi connectivity index (χ3n) is 5.46. The van der Waals surface area contributed by atoms with Crippen molar-refractivity contribution in [2.45, 2.75) is 39.0 Å². The van der Waals surface area contributed by atoms with E-state index in [9.17, 15) is 4.79 Å². The van der Waals surface area contributed by atoms with E-state index in [0.29, 0.717) is 18.4 Å². The second-order valence-electron chi connectivity index (χ2n) is 7.26. The molecule has 2 fully saturated rings. The Morgan fingerprint density at radius 2 is 2.16 bits per heavy atom. The molecule has 0 radical (unpaired) electrons. The van der Waals surface area contributed by atoms with E-state index in [-0.39, 0.29) is 5.91 Å². The quantitative estimate of drug-likeness (QED) is 0.593. The van der Waals surface area contributed by atoms with Crippen LogP contribution in [0.15, 0.2) is 27.7 Å². The molecule has 1 aromatic rings. The largest absolute Gasteiger partial charge is 0.356 e. The summed E-state index contributed by atoms with van der Waals surface area (Å²) in [6.07, 6.45) is 5.78. The molecule has 0 atom stereocenters. The highest BCUT2D eigenvalue weighted by atomic mass is 79.9. The number of anilines is 1. The van der Waals surface area contributed by atoms with Crippen molar-refractivity contribution in [3.8, 4) is 0 Å². The number of hydrogen-bond donors (Lipinski definition) is 2. The van der Waals surface area contributed by atoms with Gasteiger partial charge in [-0.3, -0.25) is 9.79 Å². The Labute approximate surface area is 158 Å². The number of benzene rings is 1. The van der Waals surface area contributed by atoms with Crippen molar-refractivity contribution in [3.63, 3.8) is 0 Å². The Kier molecular flexibility index (Phi) is 5.67. The van der Waals surface area contributed by atoms with Crippen LogP contribution < -0.4 is 10.6 Å². The maximum atomic E-state index is 12.2.